The fourth-order valence-electron chi connectivity index (χ4n) is 1.52. The van der Waals surface area contributed by atoms with Crippen LogP contribution in [0.2, 0.25) is 0 Å². The number of aromatic nitrogens is 2. The average Bonchev–Trinajstić information content (AvgIpc) is 2.73. The molecular weight excluding hydrogens is 292 g/mol. The highest BCUT2D eigenvalue weighted by molar-refractivity contribution is 9.10. The Morgan fingerprint density at radius 3 is 2.53 bits per heavy atom. The lowest BCUT2D eigenvalue weighted by Crippen LogP contribution is -2.28. The molecule has 0 saturated heterocycles. The van der Waals surface area contributed by atoms with Gasteiger partial charge in [0.15, 0.2) is 0 Å². The van der Waals surface area contributed by atoms with Gasteiger partial charge in [-0.15, -0.1) is 0 Å². The number of hydrogen-bond acceptors (Lipinski definition) is 2. The van der Waals surface area contributed by atoms with Gasteiger partial charge >= 0.3 is 5.92 Å². The van der Waals surface area contributed by atoms with Crippen molar-refractivity contribution in [2.45, 2.75) is 5.92 Å². The molecule has 2 rings (SSSR count). The summed E-state index contributed by atoms with van der Waals surface area (Å²) in [5, 5.41) is 3.93. The van der Waals surface area contributed by atoms with Crippen LogP contribution in [0.5, 0.6) is 0 Å². The van der Waals surface area contributed by atoms with Gasteiger partial charge in [0.05, 0.1) is 22.9 Å². The largest absolute Gasteiger partial charge is 0.325 e. The summed E-state index contributed by atoms with van der Waals surface area (Å²) in [5.41, 5.74) is 5.44. The van der Waals surface area contributed by atoms with E-state index in [0.29, 0.717) is 5.69 Å². The molecular formula is C11H10BrF2N3. The molecule has 0 amide bonds. The standard InChI is InChI=1S/C11H10BrF2N3/c12-9-6-16-17(8-4-2-1-3-5-8)10(9)11(13,14)7-15/h1-6H,7,15H2. The van der Waals surface area contributed by atoms with E-state index in [1.54, 1.807) is 24.3 Å². The average molecular weight is 302 g/mol. The van der Waals surface area contributed by atoms with Crippen LogP contribution in [-0.4, -0.2) is 16.3 Å². The van der Waals surface area contributed by atoms with Crippen LogP contribution in [0, 0.1) is 0 Å². The van der Waals surface area contributed by atoms with Gasteiger partial charge in [0.1, 0.15) is 5.69 Å². The van der Waals surface area contributed by atoms with Gasteiger partial charge in [-0.1, -0.05) is 18.2 Å². The molecule has 0 atom stereocenters. The molecule has 0 unspecified atom stereocenters. The molecule has 0 aliphatic rings. The van der Waals surface area contributed by atoms with Crippen molar-refractivity contribution >= 4 is 15.9 Å². The number of para-hydroxylation sites is 1. The number of nitrogens with two attached hydrogens (primary N) is 1. The molecule has 1 aromatic carbocycles. The lowest BCUT2D eigenvalue weighted by molar-refractivity contribution is -0.00178. The van der Waals surface area contributed by atoms with Crippen LogP contribution in [0.1, 0.15) is 5.69 Å². The third-order valence-corrected chi connectivity index (χ3v) is 2.91. The minimum atomic E-state index is -3.12. The summed E-state index contributed by atoms with van der Waals surface area (Å²) >= 11 is 3.07. The summed E-state index contributed by atoms with van der Waals surface area (Å²) < 4.78 is 28.9. The maximum atomic E-state index is 13.7. The topological polar surface area (TPSA) is 43.8 Å². The molecule has 0 aliphatic heterocycles. The fourth-order valence-corrected chi connectivity index (χ4v) is 2.07. The number of hydrogen-bond donors (Lipinski definition) is 1. The molecule has 0 saturated carbocycles. The van der Waals surface area contributed by atoms with Crippen LogP contribution >= 0.6 is 15.9 Å². The Morgan fingerprint density at radius 1 is 1.29 bits per heavy atom. The Labute approximate surface area is 105 Å². The van der Waals surface area contributed by atoms with Gasteiger partial charge in [-0.3, -0.25) is 0 Å². The molecule has 0 radical (unpaired) electrons. The summed E-state index contributed by atoms with van der Waals surface area (Å²) in [6.07, 6.45) is 1.34. The molecule has 3 nitrogen and oxygen atoms in total. The zero-order valence-corrected chi connectivity index (χ0v) is 10.4. The number of nitrogens with zero attached hydrogens (tertiary/aromatic N) is 2. The Hall–Kier alpha value is -1.27. The minimum absolute atomic E-state index is 0.230. The van der Waals surface area contributed by atoms with E-state index in [4.69, 9.17) is 5.73 Å². The fraction of sp³-hybridized carbons (Fsp3) is 0.182. The first-order valence-electron chi connectivity index (χ1n) is 4.93. The molecule has 6 heteroatoms. The molecule has 2 N–H and O–H groups in total. The highest BCUT2D eigenvalue weighted by Crippen LogP contribution is 2.34. The van der Waals surface area contributed by atoms with E-state index in [1.165, 1.54) is 10.9 Å². The first kappa shape index (κ1) is 12.2. The second kappa shape index (κ2) is 4.54. The van der Waals surface area contributed by atoms with Crippen molar-refractivity contribution in [3.8, 4) is 5.69 Å². The zero-order valence-electron chi connectivity index (χ0n) is 8.78. The van der Waals surface area contributed by atoms with E-state index in [-0.39, 0.29) is 10.2 Å². The van der Waals surface area contributed by atoms with Gasteiger partial charge < -0.3 is 5.73 Å². The number of halogens is 3. The van der Waals surface area contributed by atoms with Crippen molar-refractivity contribution in [1.29, 1.82) is 0 Å². The highest BCUT2D eigenvalue weighted by atomic mass is 79.9. The van der Waals surface area contributed by atoms with Gasteiger partial charge in [0.25, 0.3) is 0 Å². The Balaban J connectivity index is 2.58. The first-order valence-corrected chi connectivity index (χ1v) is 5.73. The number of alkyl halides is 2. The van der Waals surface area contributed by atoms with Crippen molar-refractivity contribution in [2.75, 3.05) is 6.54 Å². The second-order valence-electron chi connectivity index (χ2n) is 3.50. The normalized spacial score (nSPS) is 11.8. The van der Waals surface area contributed by atoms with Crippen LogP contribution in [0.4, 0.5) is 8.78 Å². The molecule has 0 aliphatic carbocycles. The highest BCUT2D eigenvalue weighted by Gasteiger charge is 2.36. The number of rotatable bonds is 3. The van der Waals surface area contributed by atoms with Crippen molar-refractivity contribution < 1.29 is 8.78 Å². The van der Waals surface area contributed by atoms with Gasteiger partial charge in [0, 0.05) is 0 Å². The van der Waals surface area contributed by atoms with E-state index in [0.717, 1.165) is 0 Å². The monoisotopic (exact) mass is 301 g/mol. The van der Waals surface area contributed by atoms with Gasteiger partial charge in [0.2, 0.25) is 0 Å². The third-order valence-electron chi connectivity index (χ3n) is 2.33. The Morgan fingerprint density at radius 2 is 1.94 bits per heavy atom. The van der Waals surface area contributed by atoms with Crippen LogP contribution in [-0.2, 0) is 5.92 Å². The van der Waals surface area contributed by atoms with E-state index in [2.05, 4.69) is 21.0 Å². The molecule has 1 aromatic heterocycles. The smallest absolute Gasteiger partial charge is 0.302 e. The van der Waals surface area contributed by atoms with Gasteiger partial charge in [-0.25, -0.2) is 4.68 Å². The molecule has 17 heavy (non-hydrogen) atoms. The van der Waals surface area contributed by atoms with Crippen molar-refractivity contribution in [3.05, 3.63) is 46.7 Å². The molecule has 0 spiro atoms. The predicted octanol–water partition coefficient (Wildman–Crippen LogP) is 2.69. The summed E-state index contributed by atoms with van der Waals surface area (Å²) in [5.74, 6) is -3.12. The van der Waals surface area contributed by atoms with Crippen molar-refractivity contribution in [3.63, 3.8) is 0 Å². The Bertz CT molecular complexity index is 511. The van der Waals surface area contributed by atoms with Crippen LogP contribution in [0.15, 0.2) is 41.0 Å². The van der Waals surface area contributed by atoms with Crippen molar-refractivity contribution in [1.82, 2.24) is 9.78 Å². The lowest BCUT2D eigenvalue weighted by Gasteiger charge is -2.16. The van der Waals surface area contributed by atoms with E-state index < -0.39 is 12.5 Å². The van der Waals surface area contributed by atoms with E-state index >= 15 is 0 Å². The molecule has 0 fully saturated rings. The van der Waals surface area contributed by atoms with E-state index in [9.17, 15) is 8.78 Å². The quantitative estimate of drug-likeness (QED) is 0.947. The predicted molar refractivity (Wildman–Crippen MR) is 64.2 cm³/mol. The third kappa shape index (κ3) is 2.23. The molecule has 90 valence electrons. The molecule has 2 aromatic rings. The van der Waals surface area contributed by atoms with Crippen molar-refractivity contribution in [2.24, 2.45) is 5.73 Å². The molecule has 1 heterocycles. The number of benzene rings is 1. The SMILES string of the molecule is NCC(F)(F)c1c(Br)cnn1-c1ccccc1. The van der Waals surface area contributed by atoms with Crippen LogP contribution in [0.25, 0.3) is 5.69 Å². The maximum absolute atomic E-state index is 13.7. The second-order valence-corrected chi connectivity index (χ2v) is 4.35. The van der Waals surface area contributed by atoms with E-state index in [1.807, 2.05) is 6.07 Å². The molecule has 0 bridgehead atoms. The summed E-state index contributed by atoms with van der Waals surface area (Å²) in [4.78, 5) is 0. The Kier molecular flexibility index (Phi) is 3.26. The lowest BCUT2D eigenvalue weighted by atomic mass is 10.2. The van der Waals surface area contributed by atoms with Gasteiger partial charge in [-0.2, -0.15) is 13.9 Å². The summed E-state index contributed by atoms with van der Waals surface area (Å²) in [6, 6.07) is 8.73. The maximum Gasteiger partial charge on any atom is 0.302 e. The summed E-state index contributed by atoms with van der Waals surface area (Å²) in [6.45, 7) is -0.760. The van der Waals surface area contributed by atoms with Crippen LogP contribution < -0.4 is 5.73 Å². The zero-order chi connectivity index (χ0) is 12.5. The minimum Gasteiger partial charge on any atom is -0.325 e. The van der Waals surface area contributed by atoms with Gasteiger partial charge in [-0.05, 0) is 28.1 Å². The summed E-state index contributed by atoms with van der Waals surface area (Å²) in [7, 11) is 0. The van der Waals surface area contributed by atoms with Crippen LogP contribution in [0.3, 0.4) is 0 Å². The first-order chi connectivity index (χ1) is 8.06.